The molecular weight excluding hydrogens is 210 g/mol. The minimum absolute atomic E-state index is 0.516. The maximum Gasteiger partial charge on any atom is 0.122 e. The molecule has 2 heteroatoms. The van der Waals surface area contributed by atoms with Crippen molar-refractivity contribution in [3.63, 3.8) is 0 Å². The highest BCUT2D eigenvalue weighted by atomic mass is 16.5. The van der Waals surface area contributed by atoms with Gasteiger partial charge in [0.05, 0.1) is 7.11 Å². The molecule has 1 N–H and O–H groups in total. The van der Waals surface area contributed by atoms with E-state index in [4.69, 9.17) is 4.74 Å². The number of aryl methyl sites for hydroxylation is 1. The minimum Gasteiger partial charge on any atom is -0.496 e. The largest absolute Gasteiger partial charge is 0.496 e. The van der Waals surface area contributed by atoms with Gasteiger partial charge >= 0.3 is 0 Å². The third-order valence-electron chi connectivity index (χ3n) is 3.06. The Balaban J connectivity index is 2.64. The van der Waals surface area contributed by atoms with Gasteiger partial charge in [-0.1, -0.05) is 26.0 Å². The molecule has 1 aromatic rings. The Hall–Kier alpha value is -1.02. The molecule has 0 atom stereocenters. The summed E-state index contributed by atoms with van der Waals surface area (Å²) in [4.78, 5) is 0. The summed E-state index contributed by atoms with van der Waals surface area (Å²) in [6, 6.07) is 6.58. The molecule has 0 spiro atoms. The summed E-state index contributed by atoms with van der Waals surface area (Å²) in [5.74, 6) is 1.53. The Morgan fingerprint density at radius 1 is 1.24 bits per heavy atom. The van der Waals surface area contributed by atoms with Gasteiger partial charge in [-0.2, -0.15) is 0 Å². The van der Waals surface area contributed by atoms with E-state index < -0.39 is 0 Å². The number of ether oxygens (including phenoxy) is 1. The summed E-state index contributed by atoms with van der Waals surface area (Å²) in [6.07, 6.45) is 3.63. The summed E-state index contributed by atoms with van der Waals surface area (Å²) < 4.78 is 5.39. The fourth-order valence-electron chi connectivity index (χ4n) is 2.02. The molecule has 0 aliphatic carbocycles. The van der Waals surface area contributed by atoms with Gasteiger partial charge in [0, 0.05) is 0 Å². The number of benzene rings is 1. The van der Waals surface area contributed by atoms with Crippen molar-refractivity contribution in [1.29, 1.82) is 0 Å². The first kappa shape index (κ1) is 14.0. The minimum atomic E-state index is 0.516. The number of nitrogens with one attached hydrogen (secondary N) is 1. The predicted octanol–water partition coefficient (Wildman–Crippen LogP) is 3.36. The Bertz CT molecular complexity index is 334. The highest BCUT2D eigenvalue weighted by Gasteiger charge is 2.07. The van der Waals surface area contributed by atoms with Gasteiger partial charge in [0.1, 0.15) is 5.75 Å². The molecule has 0 heterocycles. The van der Waals surface area contributed by atoms with E-state index in [0.29, 0.717) is 5.92 Å². The van der Waals surface area contributed by atoms with Crippen molar-refractivity contribution >= 4 is 0 Å². The van der Waals surface area contributed by atoms with Crippen LogP contribution < -0.4 is 10.1 Å². The Kier molecular flexibility index (Phi) is 6.06. The second kappa shape index (κ2) is 7.33. The zero-order valence-corrected chi connectivity index (χ0v) is 11.5. The molecular formula is C15H25NO. The van der Waals surface area contributed by atoms with Crippen LogP contribution in [0.15, 0.2) is 18.2 Å². The summed E-state index contributed by atoms with van der Waals surface area (Å²) in [6.45, 7) is 5.53. The molecule has 0 unspecified atom stereocenters. The fraction of sp³-hybridized carbons (Fsp3) is 0.600. The normalized spacial score (nSPS) is 10.9. The second-order valence-electron chi connectivity index (χ2n) is 4.79. The molecule has 0 aliphatic rings. The monoisotopic (exact) mass is 235 g/mol. The van der Waals surface area contributed by atoms with Crippen molar-refractivity contribution in [3.05, 3.63) is 29.3 Å². The highest BCUT2D eigenvalue weighted by molar-refractivity contribution is 5.39. The molecule has 2 nitrogen and oxygen atoms in total. The van der Waals surface area contributed by atoms with Crippen LogP contribution in [0.3, 0.4) is 0 Å². The van der Waals surface area contributed by atoms with E-state index in [1.54, 1.807) is 7.11 Å². The third-order valence-corrected chi connectivity index (χ3v) is 3.06. The highest BCUT2D eigenvalue weighted by Crippen LogP contribution is 2.27. The molecule has 0 bridgehead atoms. The van der Waals surface area contributed by atoms with E-state index in [2.05, 4.69) is 37.4 Å². The van der Waals surface area contributed by atoms with E-state index in [-0.39, 0.29) is 0 Å². The van der Waals surface area contributed by atoms with Crippen LogP contribution in [0.5, 0.6) is 5.75 Å². The van der Waals surface area contributed by atoms with Gasteiger partial charge in [0.25, 0.3) is 0 Å². The molecule has 0 fully saturated rings. The molecule has 96 valence electrons. The van der Waals surface area contributed by atoms with Crippen LogP contribution in [0, 0.1) is 0 Å². The first-order valence-electron chi connectivity index (χ1n) is 6.50. The van der Waals surface area contributed by atoms with Crippen LogP contribution in [0.1, 0.15) is 43.7 Å². The van der Waals surface area contributed by atoms with E-state index in [1.165, 1.54) is 24.0 Å². The number of unbranched alkanes of at least 4 members (excludes halogenated alkanes) is 1. The van der Waals surface area contributed by atoms with Crippen LogP contribution in [-0.2, 0) is 6.42 Å². The lowest BCUT2D eigenvalue weighted by Gasteiger charge is -2.13. The van der Waals surface area contributed by atoms with Crippen molar-refractivity contribution in [2.45, 2.75) is 39.0 Å². The average molecular weight is 235 g/mol. The zero-order chi connectivity index (χ0) is 12.7. The maximum absolute atomic E-state index is 5.39. The molecule has 1 aromatic carbocycles. The summed E-state index contributed by atoms with van der Waals surface area (Å²) in [5.41, 5.74) is 2.74. The van der Waals surface area contributed by atoms with E-state index >= 15 is 0 Å². The van der Waals surface area contributed by atoms with Gasteiger partial charge in [-0.3, -0.25) is 0 Å². The standard InChI is InChI=1S/C15H25NO/c1-12(2)14-11-13(7-5-6-10-16-3)8-9-15(14)17-4/h8-9,11-12,16H,5-7,10H2,1-4H3. The average Bonchev–Trinajstić information content (AvgIpc) is 2.34. The van der Waals surface area contributed by atoms with Crippen molar-refractivity contribution in [2.24, 2.45) is 0 Å². The molecule has 0 aliphatic heterocycles. The smallest absolute Gasteiger partial charge is 0.122 e. The Morgan fingerprint density at radius 2 is 2.00 bits per heavy atom. The zero-order valence-electron chi connectivity index (χ0n) is 11.5. The molecule has 17 heavy (non-hydrogen) atoms. The van der Waals surface area contributed by atoms with Gasteiger partial charge < -0.3 is 10.1 Å². The van der Waals surface area contributed by atoms with Gasteiger partial charge in [-0.15, -0.1) is 0 Å². The van der Waals surface area contributed by atoms with Crippen LogP contribution in [-0.4, -0.2) is 20.7 Å². The summed E-state index contributed by atoms with van der Waals surface area (Å²) >= 11 is 0. The van der Waals surface area contributed by atoms with Crippen LogP contribution in [0.25, 0.3) is 0 Å². The number of hydrogen-bond acceptors (Lipinski definition) is 2. The number of hydrogen-bond donors (Lipinski definition) is 1. The Labute approximate surface area is 105 Å². The number of rotatable bonds is 7. The first-order valence-corrected chi connectivity index (χ1v) is 6.50. The van der Waals surface area contributed by atoms with E-state index in [9.17, 15) is 0 Å². The van der Waals surface area contributed by atoms with Crippen molar-refractivity contribution in [3.8, 4) is 5.75 Å². The molecule has 0 amide bonds. The lowest BCUT2D eigenvalue weighted by molar-refractivity contribution is 0.407. The summed E-state index contributed by atoms with van der Waals surface area (Å²) in [7, 11) is 3.75. The Morgan fingerprint density at radius 3 is 2.59 bits per heavy atom. The van der Waals surface area contributed by atoms with Gasteiger partial charge in [0.15, 0.2) is 0 Å². The first-order chi connectivity index (χ1) is 8.19. The van der Waals surface area contributed by atoms with Crippen LogP contribution >= 0.6 is 0 Å². The lowest BCUT2D eigenvalue weighted by atomic mass is 9.97. The quantitative estimate of drug-likeness (QED) is 0.732. The van der Waals surface area contributed by atoms with Gasteiger partial charge in [-0.25, -0.2) is 0 Å². The van der Waals surface area contributed by atoms with Crippen LogP contribution in [0.4, 0.5) is 0 Å². The lowest BCUT2D eigenvalue weighted by Crippen LogP contribution is -2.07. The van der Waals surface area contributed by atoms with Gasteiger partial charge in [-0.05, 0) is 56.0 Å². The maximum atomic E-state index is 5.39. The molecule has 1 rings (SSSR count). The molecule has 0 radical (unpaired) electrons. The molecule has 0 saturated heterocycles. The third kappa shape index (κ3) is 4.39. The van der Waals surface area contributed by atoms with Crippen molar-refractivity contribution < 1.29 is 4.74 Å². The SMILES string of the molecule is CNCCCCc1ccc(OC)c(C(C)C)c1. The molecule has 0 aromatic heterocycles. The fourth-order valence-corrected chi connectivity index (χ4v) is 2.02. The predicted molar refractivity (Wildman–Crippen MR) is 73.9 cm³/mol. The number of methoxy groups -OCH3 is 1. The summed E-state index contributed by atoms with van der Waals surface area (Å²) in [5, 5.41) is 3.18. The van der Waals surface area contributed by atoms with Crippen molar-refractivity contribution in [2.75, 3.05) is 20.7 Å². The van der Waals surface area contributed by atoms with Crippen LogP contribution in [0.2, 0.25) is 0 Å². The second-order valence-corrected chi connectivity index (χ2v) is 4.79. The van der Waals surface area contributed by atoms with Crippen molar-refractivity contribution in [1.82, 2.24) is 5.32 Å². The van der Waals surface area contributed by atoms with E-state index in [1.807, 2.05) is 7.05 Å². The van der Waals surface area contributed by atoms with E-state index in [0.717, 1.165) is 18.7 Å². The topological polar surface area (TPSA) is 21.3 Å². The molecule has 0 saturated carbocycles. The van der Waals surface area contributed by atoms with Gasteiger partial charge in [0.2, 0.25) is 0 Å².